The Morgan fingerprint density at radius 1 is 1.14 bits per heavy atom. The number of hydrogen-bond donors (Lipinski definition) is 1. The van der Waals surface area contributed by atoms with E-state index in [1.807, 2.05) is 6.92 Å². The zero-order valence-electron chi connectivity index (χ0n) is 17.0. The maximum absolute atomic E-state index is 12.4. The number of unbranched alkanes of at least 4 members (excludes halogenated alkanes) is 1. The van der Waals surface area contributed by atoms with Crippen molar-refractivity contribution in [2.75, 3.05) is 18.5 Å². The Balaban J connectivity index is 1.93. The van der Waals surface area contributed by atoms with E-state index < -0.39 is 0 Å². The molecule has 0 saturated carbocycles. The van der Waals surface area contributed by atoms with Gasteiger partial charge >= 0.3 is 5.97 Å². The molecule has 1 atom stereocenters. The van der Waals surface area contributed by atoms with Crippen LogP contribution in [0.1, 0.15) is 56.8 Å². The number of rotatable bonds is 12. The molecule has 9 heteroatoms. The second-order valence-corrected chi connectivity index (χ2v) is 8.63. The molecule has 1 heterocycles. The van der Waals surface area contributed by atoms with Crippen molar-refractivity contribution >= 4 is 40.1 Å². The first-order valence-electron chi connectivity index (χ1n) is 9.78. The molecular weight excluding hydrogens is 410 g/mol. The number of nitrogens with one attached hydrogen (secondary N) is 1. The normalized spacial score (nSPS) is 11.7. The maximum atomic E-state index is 12.4. The van der Waals surface area contributed by atoms with Gasteiger partial charge in [0.05, 0.1) is 13.2 Å². The molecule has 0 bridgehead atoms. The second-order valence-electron chi connectivity index (χ2n) is 6.20. The number of benzene rings is 1. The zero-order valence-corrected chi connectivity index (χ0v) is 18.6. The van der Waals surface area contributed by atoms with E-state index in [0.717, 1.165) is 25.0 Å². The molecule has 2 rings (SSSR count). The van der Waals surface area contributed by atoms with Crippen molar-refractivity contribution in [3.05, 3.63) is 29.8 Å². The van der Waals surface area contributed by atoms with Gasteiger partial charge < -0.3 is 9.47 Å². The maximum Gasteiger partial charge on any atom is 0.319 e. The van der Waals surface area contributed by atoms with Crippen LogP contribution in [0.2, 0.25) is 0 Å². The van der Waals surface area contributed by atoms with Crippen LogP contribution in [-0.2, 0) is 9.53 Å². The number of anilines is 1. The first-order valence-corrected chi connectivity index (χ1v) is 11.5. The third-order valence-electron chi connectivity index (χ3n) is 3.85. The summed E-state index contributed by atoms with van der Waals surface area (Å²) < 4.78 is 11.3. The quantitative estimate of drug-likeness (QED) is 0.221. The molecule has 0 aliphatic heterocycles. The van der Waals surface area contributed by atoms with Crippen molar-refractivity contribution < 1.29 is 19.1 Å². The van der Waals surface area contributed by atoms with Crippen molar-refractivity contribution in [1.29, 1.82) is 0 Å². The van der Waals surface area contributed by atoms with E-state index in [1.54, 1.807) is 31.2 Å². The Kier molecular flexibility index (Phi) is 9.93. The van der Waals surface area contributed by atoms with Crippen molar-refractivity contribution in [3.63, 3.8) is 0 Å². The second kappa shape index (κ2) is 12.4. The lowest BCUT2D eigenvalue weighted by molar-refractivity contribution is -0.142. The highest BCUT2D eigenvalue weighted by molar-refractivity contribution is 8.02. The highest BCUT2D eigenvalue weighted by atomic mass is 32.2. The largest absolute Gasteiger partial charge is 0.494 e. The SMILES string of the molecule is CCCCOc1ccc(C(=O)Nc2nnc(S[C@H](CCC)C(=O)OCC)s2)cc1. The van der Waals surface area contributed by atoms with Gasteiger partial charge in [-0.1, -0.05) is 49.8 Å². The lowest BCUT2D eigenvalue weighted by Gasteiger charge is -2.11. The number of carbonyl (C=O) groups is 2. The third kappa shape index (κ3) is 7.66. The summed E-state index contributed by atoms with van der Waals surface area (Å²) in [6.07, 6.45) is 3.62. The Labute approximate surface area is 179 Å². The minimum Gasteiger partial charge on any atom is -0.494 e. The van der Waals surface area contributed by atoms with E-state index in [2.05, 4.69) is 22.4 Å². The van der Waals surface area contributed by atoms with Gasteiger partial charge in [-0.2, -0.15) is 0 Å². The molecule has 2 aromatic rings. The average molecular weight is 438 g/mol. The molecule has 0 unspecified atom stereocenters. The van der Waals surface area contributed by atoms with E-state index in [9.17, 15) is 9.59 Å². The molecule has 0 radical (unpaired) electrons. The minimum absolute atomic E-state index is 0.249. The third-order valence-corrected chi connectivity index (χ3v) is 6.02. The molecule has 7 nitrogen and oxygen atoms in total. The standard InChI is InChI=1S/C20H27N3O4S2/c1-4-7-13-27-15-11-9-14(10-12-15)17(24)21-19-22-23-20(29-19)28-16(8-5-2)18(25)26-6-3/h9-12,16H,4-8,13H2,1-3H3,(H,21,22,24)/t16-/m1/s1. The van der Waals surface area contributed by atoms with E-state index >= 15 is 0 Å². The van der Waals surface area contributed by atoms with Gasteiger partial charge in [-0.3, -0.25) is 14.9 Å². The molecule has 0 aliphatic rings. The monoisotopic (exact) mass is 437 g/mol. The number of nitrogens with zero attached hydrogens (tertiary/aromatic N) is 2. The van der Waals surface area contributed by atoms with Gasteiger partial charge in [-0.05, 0) is 44.0 Å². The predicted octanol–water partition coefficient (Wildman–Crippen LogP) is 4.79. The molecule has 29 heavy (non-hydrogen) atoms. The Bertz CT molecular complexity index is 780. The molecule has 1 amide bonds. The number of aromatic nitrogens is 2. The topological polar surface area (TPSA) is 90.4 Å². The van der Waals surface area contributed by atoms with Gasteiger partial charge in [-0.15, -0.1) is 10.2 Å². The van der Waals surface area contributed by atoms with Crippen LogP contribution in [0.3, 0.4) is 0 Å². The predicted molar refractivity (Wildman–Crippen MR) is 116 cm³/mol. The van der Waals surface area contributed by atoms with Crippen LogP contribution >= 0.6 is 23.1 Å². The summed E-state index contributed by atoms with van der Waals surface area (Å²) >= 11 is 2.56. The average Bonchev–Trinajstić information content (AvgIpc) is 3.15. The van der Waals surface area contributed by atoms with E-state index in [4.69, 9.17) is 9.47 Å². The molecule has 0 fully saturated rings. The van der Waals surface area contributed by atoms with Gasteiger partial charge in [0.15, 0.2) is 4.34 Å². The van der Waals surface area contributed by atoms with Gasteiger partial charge in [-0.25, -0.2) is 0 Å². The first-order chi connectivity index (χ1) is 14.1. The summed E-state index contributed by atoms with van der Waals surface area (Å²) in [6, 6.07) is 6.98. The highest BCUT2D eigenvalue weighted by Gasteiger charge is 2.22. The molecular formula is C20H27N3O4S2. The number of hydrogen-bond acceptors (Lipinski definition) is 8. The molecule has 0 aliphatic carbocycles. The molecule has 158 valence electrons. The van der Waals surface area contributed by atoms with Crippen molar-refractivity contribution in [3.8, 4) is 5.75 Å². The number of ether oxygens (including phenoxy) is 2. The van der Waals surface area contributed by atoms with Crippen molar-refractivity contribution in [2.24, 2.45) is 0 Å². The van der Waals surface area contributed by atoms with E-state index in [1.165, 1.54) is 23.1 Å². The van der Waals surface area contributed by atoms with Gasteiger partial charge in [0.25, 0.3) is 5.91 Å². The van der Waals surface area contributed by atoms with Crippen molar-refractivity contribution in [2.45, 2.75) is 56.0 Å². The fraction of sp³-hybridized carbons (Fsp3) is 0.500. The first kappa shape index (κ1) is 23.2. The van der Waals surface area contributed by atoms with Crippen molar-refractivity contribution in [1.82, 2.24) is 10.2 Å². The molecule has 0 saturated heterocycles. The number of esters is 1. The Hall–Kier alpha value is -2.13. The summed E-state index contributed by atoms with van der Waals surface area (Å²) in [5.74, 6) is 0.222. The summed E-state index contributed by atoms with van der Waals surface area (Å²) in [4.78, 5) is 24.5. The van der Waals surface area contributed by atoms with Crippen LogP contribution in [0.25, 0.3) is 0 Å². The van der Waals surface area contributed by atoms with Crippen LogP contribution in [0, 0.1) is 0 Å². The van der Waals surface area contributed by atoms with E-state index in [-0.39, 0.29) is 17.1 Å². The molecule has 1 aromatic heterocycles. The smallest absolute Gasteiger partial charge is 0.319 e. The van der Waals surface area contributed by atoms with E-state index in [0.29, 0.717) is 34.7 Å². The molecule has 0 spiro atoms. The minimum atomic E-state index is -0.322. The lowest BCUT2D eigenvalue weighted by Crippen LogP contribution is -2.20. The summed E-state index contributed by atoms with van der Waals surface area (Å²) in [7, 11) is 0. The highest BCUT2D eigenvalue weighted by Crippen LogP contribution is 2.31. The fourth-order valence-electron chi connectivity index (χ4n) is 2.36. The fourth-order valence-corrected chi connectivity index (χ4v) is 4.46. The summed E-state index contributed by atoms with van der Waals surface area (Å²) in [6.45, 7) is 6.92. The molecule has 1 N–H and O–H groups in total. The number of thioether (sulfide) groups is 1. The number of carbonyl (C=O) groups excluding carboxylic acids is 2. The van der Waals surface area contributed by atoms with Crippen LogP contribution in [-0.4, -0.2) is 40.5 Å². The Morgan fingerprint density at radius 3 is 2.55 bits per heavy atom. The van der Waals surface area contributed by atoms with Gasteiger partial charge in [0.1, 0.15) is 11.0 Å². The van der Waals surface area contributed by atoms with Crippen LogP contribution in [0.5, 0.6) is 5.75 Å². The van der Waals surface area contributed by atoms with Gasteiger partial charge in [0.2, 0.25) is 5.13 Å². The summed E-state index contributed by atoms with van der Waals surface area (Å²) in [5, 5.41) is 10.9. The lowest BCUT2D eigenvalue weighted by atomic mass is 10.2. The molecule has 1 aromatic carbocycles. The zero-order chi connectivity index (χ0) is 21.1. The Morgan fingerprint density at radius 2 is 1.90 bits per heavy atom. The van der Waals surface area contributed by atoms with Crippen LogP contribution in [0.4, 0.5) is 5.13 Å². The summed E-state index contributed by atoms with van der Waals surface area (Å²) in [5.41, 5.74) is 0.507. The van der Waals surface area contributed by atoms with Gasteiger partial charge in [0, 0.05) is 5.56 Å². The number of amides is 1. The van der Waals surface area contributed by atoms with Crippen LogP contribution in [0.15, 0.2) is 28.6 Å². The van der Waals surface area contributed by atoms with Crippen LogP contribution < -0.4 is 10.1 Å².